The quantitative estimate of drug-likeness (QED) is 0.683. The van der Waals surface area contributed by atoms with Crippen LogP contribution in [0, 0.1) is 5.92 Å². The molecule has 4 atom stereocenters. The number of aliphatic hydroxyl groups is 1. The summed E-state index contributed by atoms with van der Waals surface area (Å²) in [7, 11) is 0. The molecule has 2 bridgehead atoms. The fourth-order valence-corrected chi connectivity index (χ4v) is 3.62. The van der Waals surface area contributed by atoms with E-state index in [1.165, 1.54) is 9.80 Å². The fraction of sp³-hybridized carbons (Fsp3) is 0.833. The Balaban J connectivity index is 1.90. The maximum Gasteiger partial charge on any atom is 0.407 e. The van der Waals surface area contributed by atoms with Crippen LogP contribution < -0.4 is 0 Å². The van der Waals surface area contributed by atoms with Crippen LogP contribution in [0.3, 0.4) is 0 Å². The summed E-state index contributed by atoms with van der Waals surface area (Å²) in [4.78, 5) is 25.3. The molecule has 0 radical (unpaired) electrons. The number of hydrogen-bond donors (Lipinski definition) is 3. The zero-order valence-electron chi connectivity index (χ0n) is 10.5. The van der Waals surface area contributed by atoms with Crippen molar-refractivity contribution in [3.05, 3.63) is 0 Å². The second kappa shape index (κ2) is 4.26. The lowest BCUT2D eigenvalue weighted by Crippen LogP contribution is -2.65. The van der Waals surface area contributed by atoms with Gasteiger partial charge in [-0.25, -0.2) is 9.59 Å². The highest BCUT2D eigenvalue weighted by Gasteiger charge is 2.54. The molecule has 1 aliphatic carbocycles. The minimum atomic E-state index is -1.06. The summed E-state index contributed by atoms with van der Waals surface area (Å²) in [5.74, 6) is 0.125. The topological polar surface area (TPSA) is 101 Å². The van der Waals surface area contributed by atoms with Gasteiger partial charge in [-0.05, 0) is 31.6 Å². The number of amides is 2. The van der Waals surface area contributed by atoms with Gasteiger partial charge in [0.1, 0.15) is 0 Å². The predicted molar refractivity (Wildman–Crippen MR) is 63.9 cm³/mol. The van der Waals surface area contributed by atoms with Crippen molar-refractivity contribution in [1.29, 1.82) is 0 Å². The van der Waals surface area contributed by atoms with Gasteiger partial charge >= 0.3 is 12.2 Å². The van der Waals surface area contributed by atoms with Crippen LogP contribution in [-0.2, 0) is 0 Å². The number of hydrogen-bond acceptors (Lipinski definition) is 3. The third kappa shape index (κ3) is 1.92. The van der Waals surface area contributed by atoms with Gasteiger partial charge in [0.15, 0.2) is 0 Å². The van der Waals surface area contributed by atoms with E-state index in [0.717, 1.165) is 12.8 Å². The van der Waals surface area contributed by atoms with Crippen molar-refractivity contribution in [2.24, 2.45) is 5.92 Å². The molecule has 2 heterocycles. The first-order valence-electron chi connectivity index (χ1n) is 6.69. The number of aliphatic hydroxyl groups excluding tert-OH is 1. The third-order valence-corrected chi connectivity index (χ3v) is 4.63. The van der Waals surface area contributed by atoms with Crippen LogP contribution in [0.4, 0.5) is 9.59 Å². The maximum atomic E-state index is 11.4. The Morgan fingerprint density at radius 1 is 1.05 bits per heavy atom. The first-order valence-corrected chi connectivity index (χ1v) is 6.69. The Labute approximate surface area is 110 Å². The second-order valence-corrected chi connectivity index (χ2v) is 5.74. The Hall–Kier alpha value is -1.50. The molecule has 3 rings (SSSR count). The van der Waals surface area contributed by atoms with Crippen molar-refractivity contribution in [2.45, 2.75) is 49.9 Å². The van der Waals surface area contributed by atoms with Crippen LogP contribution in [-0.4, -0.2) is 68.1 Å². The number of carboxylic acid groups (broad SMARTS) is 2. The Kier molecular flexibility index (Phi) is 2.81. The van der Waals surface area contributed by atoms with Gasteiger partial charge in [0.2, 0.25) is 0 Å². The monoisotopic (exact) mass is 270 g/mol. The molecule has 3 aliphatic rings. The van der Waals surface area contributed by atoms with Crippen LogP contribution in [0.15, 0.2) is 0 Å². The van der Waals surface area contributed by atoms with E-state index in [9.17, 15) is 24.9 Å². The molecule has 3 fully saturated rings. The molecular weight excluding hydrogens is 252 g/mol. The number of fused-ring (bicyclic) bond motifs is 2. The molecule has 2 aliphatic heterocycles. The molecule has 19 heavy (non-hydrogen) atoms. The van der Waals surface area contributed by atoms with Crippen molar-refractivity contribution in [1.82, 2.24) is 9.80 Å². The van der Waals surface area contributed by atoms with Crippen molar-refractivity contribution in [2.75, 3.05) is 6.54 Å². The SMILES string of the molecule is O=C(O)N1C[C@H]2CC[C@@H]([C@H]1[C@@H](O)C1CC1)N2C(=O)O. The standard InChI is InChI=1S/C12H18N2O5/c15-10(6-1-2-6)9-8-4-3-7(14(8)12(18)19)5-13(9)11(16)17/h6-10,15H,1-5H2,(H,16,17)(H,18,19)/t7-,8+,9+,10+/m1/s1. The van der Waals surface area contributed by atoms with Crippen molar-refractivity contribution in [3.8, 4) is 0 Å². The number of piperazine rings is 1. The molecule has 0 unspecified atom stereocenters. The van der Waals surface area contributed by atoms with Crippen LogP contribution in [0.1, 0.15) is 25.7 Å². The highest BCUT2D eigenvalue weighted by atomic mass is 16.4. The minimum Gasteiger partial charge on any atom is -0.465 e. The number of likely N-dealkylation sites (tertiary alicyclic amines) is 1. The molecule has 2 amide bonds. The predicted octanol–water partition coefficient (Wildman–Crippen LogP) is 0.630. The Morgan fingerprint density at radius 3 is 2.26 bits per heavy atom. The molecule has 1 saturated carbocycles. The lowest BCUT2D eigenvalue weighted by atomic mass is 9.94. The van der Waals surface area contributed by atoms with Gasteiger partial charge in [0.25, 0.3) is 0 Å². The van der Waals surface area contributed by atoms with Gasteiger partial charge in [0.05, 0.1) is 24.2 Å². The Morgan fingerprint density at radius 2 is 1.74 bits per heavy atom. The van der Waals surface area contributed by atoms with E-state index in [4.69, 9.17) is 0 Å². The smallest absolute Gasteiger partial charge is 0.407 e. The number of carbonyl (C=O) groups is 2. The molecule has 0 aromatic rings. The highest BCUT2D eigenvalue weighted by molar-refractivity contribution is 5.70. The summed E-state index contributed by atoms with van der Waals surface area (Å²) in [5.41, 5.74) is 0. The molecule has 0 aromatic heterocycles. The molecule has 7 nitrogen and oxygen atoms in total. The summed E-state index contributed by atoms with van der Waals surface area (Å²) in [6, 6.07) is -1.27. The zero-order valence-corrected chi connectivity index (χ0v) is 10.5. The third-order valence-electron chi connectivity index (χ3n) is 4.63. The van der Waals surface area contributed by atoms with Crippen LogP contribution in [0.2, 0.25) is 0 Å². The molecule has 3 N–H and O–H groups in total. The molecule has 2 saturated heterocycles. The van der Waals surface area contributed by atoms with Gasteiger partial charge in [-0.3, -0.25) is 9.80 Å². The van der Waals surface area contributed by atoms with Crippen LogP contribution >= 0.6 is 0 Å². The molecule has 0 spiro atoms. The van der Waals surface area contributed by atoms with E-state index in [0.29, 0.717) is 12.8 Å². The van der Waals surface area contributed by atoms with E-state index in [1.54, 1.807) is 0 Å². The van der Waals surface area contributed by atoms with Crippen molar-refractivity contribution in [3.63, 3.8) is 0 Å². The first-order chi connectivity index (χ1) is 9.00. The van der Waals surface area contributed by atoms with Gasteiger partial charge in [-0.2, -0.15) is 0 Å². The van der Waals surface area contributed by atoms with Crippen LogP contribution in [0.25, 0.3) is 0 Å². The largest absolute Gasteiger partial charge is 0.465 e. The fourth-order valence-electron chi connectivity index (χ4n) is 3.62. The molecule has 106 valence electrons. The maximum absolute atomic E-state index is 11.4. The lowest BCUT2D eigenvalue weighted by molar-refractivity contribution is -0.0352. The van der Waals surface area contributed by atoms with E-state index in [-0.39, 0.29) is 18.5 Å². The Bertz CT molecular complexity index is 411. The normalized spacial score (nSPS) is 35.3. The lowest BCUT2D eigenvalue weighted by Gasteiger charge is -2.46. The van der Waals surface area contributed by atoms with Crippen LogP contribution in [0.5, 0.6) is 0 Å². The second-order valence-electron chi connectivity index (χ2n) is 5.74. The van der Waals surface area contributed by atoms with Crippen molar-refractivity contribution >= 4 is 12.2 Å². The van der Waals surface area contributed by atoms with Gasteiger partial charge in [-0.15, -0.1) is 0 Å². The van der Waals surface area contributed by atoms with Gasteiger partial charge < -0.3 is 15.3 Å². The first kappa shape index (κ1) is 12.5. The summed E-state index contributed by atoms with van der Waals surface area (Å²) in [5, 5.41) is 28.9. The van der Waals surface area contributed by atoms with E-state index in [1.807, 2.05) is 0 Å². The van der Waals surface area contributed by atoms with Gasteiger partial charge in [-0.1, -0.05) is 0 Å². The van der Waals surface area contributed by atoms with Crippen molar-refractivity contribution < 1.29 is 24.9 Å². The molecular formula is C12H18N2O5. The molecule has 7 heteroatoms. The van der Waals surface area contributed by atoms with E-state index >= 15 is 0 Å². The summed E-state index contributed by atoms with van der Waals surface area (Å²) in [6.45, 7) is 0.173. The summed E-state index contributed by atoms with van der Waals surface area (Å²) < 4.78 is 0. The number of rotatable bonds is 2. The summed E-state index contributed by atoms with van der Waals surface area (Å²) in [6.07, 6.45) is 0.283. The minimum absolute atomic E-state index is 0.125. The molecule has 0 aromatic carbocycles. The summed E-state index contributed by atoms with van der Waals surface area (Å²) >= 11 is 0. The average molecular weight is 270 g/mol. The van der Waals surface area contributed by atoms with E-state index < -0.39 is 30.4 Å². The highest BCUT2D eigenvalue weighted by Crippen LogP contribution is 2.42. The number of nitrogens with zero attached hydrogens (tertiary/aromatic N) is 2. The van der Waals surface area contributed by atoms with Gasteiger partial charge in [0, 0.05) is 6.54 Å². The van der Waals surface area contributed by atoms with E-state index in [2.05, 4.69) is 0 Å². The average Bonchev–Trinajstić information content (AvgIpc) is 3.13. The zero-order chi connectivity index (χ0) is 13.7.